The predicted octanol–water partition coefficient (Wildman–Crippen LogP) is -0.611. The molecule has 0 aromatic carbocycles. The number of carbonyl (C=O) groups excluding carboxylic acids is 1. The second kappa shape index (κ2) is 4.64. The number of hydrogen-bond donors (Lipinski definition) is 1. The van der Waals surface area contributed by atoms with Gasteiger partial charge in [-0.05, 0) is 0 Å². The van der Waals surface area contributed by atoms with Gasteiger partial charge >= 0.3 is 6.09 Å². The van der Waals surface area contributed by atoms with Gasteiger partial charge in [0, 0.05) is 0 Å². The van der Waals surface area contributed by atoms with Crippen LogP contribution in [0.5, 0.6) is 0 Å². The highest BCUT2D eigenvalue weighted by atomic mass is 16.6. The topological polar surface area (TPSA) is 94.6 Å². The first-order valence-corrected chi connectivity index (χ1v) is 3.76. The molecule has 1 heterocycles. The first kappa shape index (κ1) is 9.77. The smallest absolute Gasteiger partial charge is 0.404 e. The predicted molar refractivity (Wildman–Crippen MR) is 40.6 cm³/mol. The minimum atomic E-state index is -0.860. The van der Waals surface area contributed by atoms with Gasteiger partial charge in [0.05, 0.1) is 19.3 Å². The molecule has 1 saturated heterocycles. The zero-order valence-corrected chi connectivity index (χ0v) is 6.93. The van der Waals surface area contributed by atoms with E-state index in [1.807, 2.05) is 6.07 Å². The molecule has 1 fully saturated rings. The van der Waals surface area contributed by atoms with Gasteiger partial charge in [0.25, 0.3) is 0 Å². The van der Waals surface area contributed by atoms with Gasteiger partial charge in [0.15, 0.2) is 6.10 Å². The fraction of sp³-hybridized carbons (Fsp3) is 0.714. The number of ether oxygens (including phenoxy) is 3. The lowest BCUT2D eigenvalue weighted by Gasteiger charge is -2.15. The van der Waals surface area contributed by atoms with Crippen LogP contribution < -0.4 is 5.73 Å². The number of nitrogens with two attached hydrogens (primary N) is 1. The molecule has 0 aromatic heterocycles. The van der Waals surface area contributed by atoms with Crippen LogP contribution in [0, 0.1) is 11.3 Å². The Morgan fingerprint density at radius 3 is 2.92 bits per heavy atom. The summed E-state index contributed by atoms with van der Waals surface area (Å²) >= 11 is 0. The van der Waals surface area contributed by atoms with Crippen molar-refractivity contribution in [2.75, 3.05) is 19.8 Å². The van der Waals surface area contributed by atoms with Crippen LogP contribution in [-0.2, 0) is 14.2 Å². The van der Waals surface area contributed by atoms with E-state index in [2.05, 4.69) is 0 Å². The molecule has 2 N–H and O–H groups in total. The van der Waals surface area contributed by atoms with Crippen molar-refractivity contribution in [2.24, 2.45) is 5.73 Å². The molecular formula is C7H10N2O4. The molecule has 2 atom stereocenters. The van der Waals surface area contributed by atoms with Crippen molar-refractivity contribution in [2.45, 2.75) is 12.2 Å². The molecule has 1 aliphatic rings. The number of primary amides is 1. The van der Waals surface area contributed by atoms with Gasteiger partial charge < -0.3 is 19.9 Å². The summed E-state index contributed by atoms with van der Waals surface area (Å²) in [4.78, 5) is 10.4. The fourth-order valence-corrected chi connectivity index (χ4v) is 1.07. The maximum atomic E-state index is 10.4. The molecule has 6 nitrogen and oxygen atoms in total. The molecular weight excluding hydrogens is 176 g/mol. The first-order chi connectivity index (χ1) is 6.24. The van der Waals surface area contributed by atoms with Crippen molar-refractivity contribution in [3.05, 3.63) is 0 Å². The van der Waals surface area contributed by atoms with E-state index in [9.17, 15) is 4.79 Å². The number of rotatable bonds is 3. The molecule has 72 valence electrons. The van der Waals surface area contributed by atoms with E-state index >= 15 is 0 Å². The Labute approximate surface area is 75.2 Å². The average molecular weight is 186 g/mol. The van der Waals surface area contributed by atoms with E-state index in [4.69, 9.17) is 25.2 Å². The highest BCUT2D eigenvalue weighted by Crippen LogP contribution is 2.12. The van der Waals surface area contributed by atoms with Gasteiger partial charge in [-0.15, -0.1) is 0 Å². The Morgan fingerprint density at radius 2 is 2.31 bits per heavy atom. The van der Waals surface area contributed by atoms with Crippen molar-refractivity contribution in [1.82, 2.24) is 0 Å². The maximum absolute atomic E-state index is 10.4. The zero-order chi connectivity index (χ0) is 9.68. The molecule has 2 unspecified atom stereocenters. The largest absolute Gasteiger partial charge is 0.441 e. The van der Waals surface area contributed by atoms with E-state index < -0.39 is 12.2 Å². The van der Waals surface area contributed by atoms with Crippen LogP contribution in [0.15, 0.2) is 0 Å². The molecule has 6 heteroatoms. The number of carbonyl (C=O) groups is 1. The zero-order valence-electron chi connectivity index (χ0n) is 6.93. The molecule has 1 rings (SSSR count). The molecule has 0 bridgehead atoms. The Kier molecular flexibility index (Phi) is 3.49. The minimum Gasteiger partial charge on any atom is -0.441 e. The molecule has 0 aliphatic carbocycles. The Bertz CT molecular complexity index is 225. The van der Waals surface area contributed by atoms with Crippen LogP contribution in [0.4, 0.5) is 4.79 Å². The van der Waals surface area contributed by atoms with Crippen molar-refractivity contribution in [1.29, 1.82) is 5.26 Å². The van der Waals surface area contributed by atoms with Crippen molar-refractivity contribution >= 4 is 6.09 Å². The van der Waals surface area contributed by atoms with Gasteiger partial charge in [-0.1, -0.05) is 0 Å². The number of nitrogens with zero attached hydrogens (tertiary/aromatic N) is 1. The Morgan fingerprint density at radius 1 is 1.62 bits per heavy atom. The molecule has 0 radical (unpaired) electrons. The third-order valence-corrected chi connectivity index (χ3v) is 1.61. The molecule has 0 spiro atoms. The van der Waals surface area contributed by atoms with Gasteiger partial charge in [0.1, 0.15) is 12.7 Å². The summed E-state index contributed by atoms with van der Waals surface area (Å²) in [6.45, 7) is 0.533. The molecule has 0 aromatic rings. The van der Waals surface area contributed by atoms with Crippen LogP contribution in [0.1, 0.15) is 0 Å². The molecule has 1 aliphatic heterocycles. The summed E-state index contributed by atoms with van der Waals surface area (Å²) in [5.74, 6) is 0. The van der Waals surface area contributed by atoms with Crippen LogP contribution in [-0.4, -0.2) is 38.1 Å². The van der Waals surface area contributed by atoms with E-state index in [1.54, 1.807) is 0 Å². The summed E-state index contributed by atoms with van der Waals surface area (Å²) in [5.41, 5.74) is 4.83. The van der Waals surface area contributed by atoms with Gasteiger partial charge in [-0.3, -0.25) is 0 Å². The summed E-state index contributed by atoms with van der Waals surface area (Å²) in [7, 11) is 0. The monoisotopic (exact) mass is 186 g/mol. The average Bonchev–Trinajstić information content (AvgIpc) is 2.48. The number of amides is 1. The van der Waals surface area contributed by atoms with Crippen molar-refractivity contribution < 1.29 is 19.0 Å². The van der Waals surface area contributed by atoms with Crippen LogP contribution in [0.2, 0.25) is 0 Å². The van der Waals surface area contributed by atoms with E-state index in [1.165, 1.54) is 0 Å². The summed E-state index contributed by atoms with van der Waals surface area (Å²) in [5, 5.41) is 8.25. The van der Waals surface area contributed by atoms with Crippen LogP contribution in [0.3, 0.4) is 0 Å². The number of nitriles is 1. The van der Waals surface area contributed by atoms with E-state index in [-0.39, 0.29) is 19.3 Å². The molecule has 0 saturated carbocycles. The summed E-state index contributed by atoms with van der Waals surface area (Å²) < 4.78 is 14.7. The standard InChI is InChI=1S/C7H10N2O4/c8-1-2-12-5-3-11-4-6(5)13-7(9)10/h5-6H,2-4H2,(H2,9,10). The summed E-state index contributed by atoms with van der Waals surface area (Å²) in [6, 6.07) is 1.82. The van der Waals surface area contributed by atoms with E-state index in [0.717, 1.165) is 0 Å². The lowest BCUT2D eigenvalue weighted by atomic mass is 10.2. The number of hydrogen-bond acceptors (Lipinski definition) is 5. The molecule has 1 amide bonds. The maximum Gasteiger partial charge on any atom is 0.404 e. The second-order valence-electron chi connectivity index (χ2n) is 2.52. The van der Waals surface area contributed by atoms with Gasteiger partial charge in [0.2, 0.25) is 0 Å². The van der Waals surface area contributed by atoms with Crippen LogP contribution in [0.25, 0.3) is 0 Å². The SMILES string of the molecule is N#CCOC1COCC1OC(N)=O. The lowest BCUT2D eigenvalue weighted by molar-refractivity contribution is -0.00275. The Balaban J connectivity index is 2.35. The highest BCUT2D eigenvalue weighted by molar-refractivity contribution is 5.64. The third-order valence-electron chi connectivity index (χ3n) is 1.61. The first-order valence-electron chi connectivity index (χ1n) is 3.76. The van der Waals surface area contributed by atoms with Gasteiger partial charge in [-0.2, -0.15) is 5.26 Å². The summed E-state index contributed by atoms with van der Waals surface area (Å²) in [6.07, 6.45) is -1.74. The molecule has 13 heavy (non-hydrogen) atoms. The lowest BCUT2D eigenvalue weighted by Crippen LogP contribution is -2.34. The second-order valence-corrected chi connectivity index (χ2v) is 2.52. The van der Waals surface area contributed by atoms with Gasteiger partial charge in [-0.25, -0.2) is 4.79 Å². The third kappa shape index (κ3) is 2.89. The van der Waals surface area contributed by atoms with Crippen molar-refractivity contribution in [3.8, 4) is 6.07 Å². The highest BCUT2D eigenvalue weighted by Gasteiger charge is 2.31. The minimum absolute atomic E-state index is 0.0490. The Hall–Kier alpha value is -1.32. The quantitative estimate of drug-likeness (QED) is 0.634. The van der Waals surface area contributed by atoms with E-state index in [0.29, 0.717) is 6.61 Å². The van der Waals surface area contributed by atoms with Crippen LogP contribution >= 0.6 is 0 Å². The fourth-order valence-electron chi connectivity index (χ4n) is 1.07. The normalized spacial score (nSPS) is 26.7. The van der Waals surface area contributed by atoms with Crippen molar-refractivity contribution in [3.63, 3.8) is 0 Å².